The number of hydrogen-bond donors (Lipinski definition) is 1. The molecule has 0 aliphatic carbocycles. The van der Waals surface area contributed by atoms with Crippen molar-refractivity contribution in [3.8, 4) is 0 Å². The Labute approximate surface area is 167 Å². The van der Waals surface area contributed by atoms with Gasteiger partial charge in [-0.05, 0) is 30.2 Å². The number of amides is 1. The Kier molecular flexibility index (Phi) is 5.03. The molecule has 1 N–H and O–H groups in total. The highest BCUT2D eigenvalue weighted by atomic mass is 16.4. The number of rotatable bonds is 5. The smallest absolute Gasteiger partial charge is 0.303 e. The molecule has 2 aromatic carbocycles. The monoisotopic (exact) mass is 388 g/mol. The van der Waals surface area contributed by atoms with E-state index in [0.717, 1.165) is 33.4 Å². The molecule has 7 nitrogen and oxygen atoms in total. The minimum absolute atomic E-state index is 0.0934. The third-order valence-corrected chi connectivity index (χ3v) is 4.95. The first-order valence-corrected chi connectivity index (χ1v) is 9.40. The van der Waals surface area contributed by atoms with Gasteiger partial charge in [0.25, 0.3) is 0 Å². The summed E-state index contributed by atoms with van der Waals surface area (Å²) in [5.41, 5.74) is 5.29. The number of carboxylic acids is 1. The van der Waals surface area contributed by atoms with Gasteiger partial charge in [-0.1, -0.05) is 35.9 Å². The van der Waals surface area contributed by atoms with Gasteiger partial charge in [0.2, 0.25) is 5.91 Å². The van der Waals surface area contributed by atoms with Crippen LogP contribution >= 0.6 is 0 Å². The van der Waals surface area contributed by atoms with Gasteiger partial charge in [-0.2, -0.15) is 5.10 Å². The summed E-state index contributed by atoms with van der Waals surface area (Å²) in [5.74, 6) is -1.31. The van der Waals surface area contributed by atoms with Crippen LogP contribution in [0.3, 0.4) is 0 Å². The number of benzene rings is 2. The van der Waals surface area contributed by atoms with E-state index in [4.69, 9.17) is 5.11 Å². The number of aliphatic carboxylic acids is 1. The van der Waals surface area contributed by atoms with Gasteiger partial charge in [-0.3, -0.25) is 19.6 Å². The summed E-state index contributed by atoms with van der Waals surface area (Å²) in [6, 6.07) is 13.4. The Morgan fingerprint density at radius 2 is 1.86 bits per heavy atom. The molecule has 1 aromatic heterocycles. The number of fused-ring (bicyclic) bond motifs is 1. The molecule has 1 amide bonds. The van der Waals surface area contributed by atoms with Crippen molar-refractivity contribution in [2.24, 2.45) is 5.10 Å². The Bertz CT molecular complexity index is 1130. The molecule has 0 bridgehead atoms. The molecular formula is C22H20N4O3. The minimum atomic E-state index is -1.00. The molecule has 1 aliphatic rings. The first-order valence-electron chi connectivity index (χ1n) is 9.40. The summed E-state index contributed by atoms with van der Waals surface area (Å²) >= 11 is 0. The van der Waals surface area contributed by atoms with Gasteiger partial charge in [-0.25, -0.2) is 5.01 Å². The summed E-state index contributed by atoms with van der Waals surface area (Å²) in [4.78, 5) is 32.3. The lowest BCUT2D eigenvalue weighted by molar-refractivity contribution is -0.141. The van der Waals surface area contributed by atoms with Gasteiger partial charge in [0.05, 0.1) is 29.2 Å². The third-order valence-electron chi connectivity index (χ3n) is 4.95. The topological polar surface area (TPSA) is 95.8 Å². The molecule has 7 heteroatoms. The van der Waals surface area contributed by atoms with Crippen molar-refractivity contribution in [2.75, 3.05) is 0 Å². The Morgan fingerprint density at radius 1 is 1.07 bits per heavy atom. The average Bonchev–Trinajstić information content (AvgIpc) is 3.17. The van der Waals surface area contributed by atoms with E-state index in [1.165, 1.54) is 5.01 Å². The van der Waals surface area contributed by atoms with E-state index in [9.17, 15) is 9.59 Å². The first-order chi connectivity index (χ1) is 14.0. The second kappa shape index (κ2) is 7.79. The summed E-state index contributed by atoms with van der Waals surface area (Å²) in [7, 11) is 0. The quantitative estimate of drug-likeness (QED) is 0.722. The van der Waals surface area contributed by atoms with E-state index in [1.54, 1.807) is 12.4 Å². The average molecular weight is 388 g/mol. The SMILES string of the molecule is Cc1cccc(C2=NN(C(=O)CCC(=O)O)C(c3ccc4nccnc4c3)C2)c1. The van der Waals surface area contributed by atoms with Crippen LogP contribution in [0, 0.1) is 6.92 Å². The predicted octanol–water partition coefficient (Wildman–Crippen LogP) is 3.48. The second-order valence-corrected chi connectivity index (χ2v) is 7.07. The molecule has 146 valence electrons. The van der Waals surface area contributed by atoms with Crippen molar-refractivity contribution in [3.05, 3.63) is 71.5 Å². The van der Waals surface area contributed by atoms with Gasteiger partial charge in [0.1, 0.15) is 0 Å². The highest BCUT2D eigenvalue weighted by Crippen LogP contribution is 2.34. The molecule has 0 spiro atoms. The number of carboxylic acid groups (broad SMARTS) is 1. The molecule has 0 saturated heterocycles. The summed E-state index contributed by atoms with van der Waals surface area (Å²) in [6.45, 7) is 2.01. The van der Waals surface area contributed by atoms with Crippen LogP contribution in [0.5, 0.6) is 0 Å². The fourth-order valence-electron chi connectivity index (χ4n) is 3.51. The highest BCUT2D eigenvalue weighted by molar-refractivity contribution is 6.03. The number of hydrazone groups is 1. The number of hydrogen-bond acceptors (Lipinski definition) is 5. The lowest BCUT2D eigenvalue weighted by Crippen LogP contribution is -2.27. The van der Waals surface area contributed by atoms with Gasteiger partial charge >= 0.3 is 5.97 Å². The molecule has 1 aliphatic heterocycles. The molecule has 3 aromatic rings. The van der Waals surface area contributed by atoms with E-state index >= 15 is 0 Å². The largest absolute Gasteiger partial charge is 0.481 e. The Morgan fingerprint density at radius 3 is 2.62 bits per heavy atom. The molecule has 29 heavy (non-hydrogen) atoms. The Hall–Kier alpha value is -3.61. The van der Waals surface area contributed by atoms with Crippen molar-refractivity contribution in [2.45, 2.75) is 32.2 Å². The fourth-order valence-corrected chi connectivity index (χ4v) is 3.51. The van der Waals surface area contributed by atoms with E-state index in [0.29, 0.717) is 6.42 Å². The van der Waals surface area contributed by atoms with Crippen molar-refractivity contribution >= 4 is 28.6 Å². The van der Waals surface area contributed by atoms with Crippen molar-refractivity contribution in [3.63, 3.8) is 0 Å². The van der Waals surface area contributed by atoms with Gasteiger partial charge in [0.15, 0.2) is 0 Å². The van der Waals surface area contributed by atoms with Crippen LogP contribution in [-0.4, -0.2) is 37.7 Å². The number of nitrogens with zero attached hydrogens (tertiary/aromatic N) is 4. The highest BCUT2D eigenvalue weighted by Gasteiger charge is 2.33. The number of aryl methyl sites for hydroxylation is 1. The molecular weight excluding hydrogens is 368 g/mol. The van der Waals surface area contributed by atoms with E-state index in [-0.39, 0.29) is 24.8 Å². The van der Waals surface area contributed by atoms with Crippen LogP contribution in [0.4, 0.5) is 0 Å². The molecule has 2 heterocycles. The van der Waals surface area contributed by atoms with E-state index in [2.05, 4.69) is 15.1 Å². The van der Waals surface area contributed by atoms with Gasteiger partial charge in [0, 0.05) is 25.2 Å². The molecule has 1 atom stereocenters. The Balaban J connectivity index is 1.70. The third kappa shape index (κ3) is 3.99. The second-order valence-electron chi connectivity index (χ2n) is 7.07. The van der Waals surface area contributed by atoms with Crippen LogP contribution in [-0.2, 0) is 9.59 Å². The molecule has 1 unspecified atom stereocenters. The zero-order valence-corrected chi connectivity index (χ0v) is 15.9. The zero-order chi connectivity index (χ0) is 20.4. The maximum Gasteiger partial charge on any atom is 0.303 e. The van der Waals surface area contributed by atoms with Gasteiger partial charge in [-0.15, -0.1) is 0 Å². The lowest BCUT2D eigenvalue weighted by atomic mass is 9.97. The summed E-state index contributed by atoms with van der Waals surface area (Å²) in [5, 5.41) is 15.0. The van der Waals surface area contributed by atoms with Crippen molar-refractivity contribution < 1.29 is 14.7 Å². The number of carbonyl (C=O) groups is 2. The van der Waals surface area contributed by atoms with Crippen LogP contribution in [0.15, 0.2) is 60.0 Å². The van der Waals surface area contributed by atoms with Crippen LogP contribution in [0.25, 0.3) is 11.0 Å². The van der Waals surface area contributed by atoms with E-state index < -0.39 is 5.97 Å². The number of aromatic nitrogens is 2. The standard InChI is InChI=1S/C22H20N4O3/c1-14-3-2-4-15(11-14)18-13-20(26(25-18)21(27)7-8-22(28)29)16-5-6-17-19(12-16)24-10-9-23-17/h2-6,9-12,20H,7-8,13H2,1H3,(H,28,29). The van der Waals surface area contributed by atoms with Crippen LogP contribution < -0.4 is 0 Å². The molecule has 0 fully saturated rings. The maximum atomic E-state index is 12.8. The first kappa shape index (κ1) is 18.7. The van der Waals surface area contributed by atoms with Gasteiger partial charge < -0.3 is 5.11 Å². The number of carbonyl (C=O) groups excluding carboxylic acids is 1. The van der Waals surface area contributed by atoms with Crippen LogP contribution in [0.2, 0.25) is 0 Å². The maximum absolute atomic E-state index is 12.8. The summed E-state index contributed by atoms with van der Waals surface area (Å²) < 4.78 is 0. The summed E-state index contributed by atoms with van der Waals surface area (Å²) in [6.07, 6.45) is 3.50. The fraction of sp³-hybridized carbons (Fsp3) is 0.227. The molecule has 0 radical (unpaired) electrons. The minimum Gasteiger partial charge on any atom is -0.481 e. The molecule has 0 saturated carbocycles. The van der Waals surface area contributed by atoms with E-state index in [1.807, 2.05) is 49.4 Å². The van der Waals surface area contributed by atoms with Crippen molar-refractivity contribution in [1.82, 2.24) is 15.0 Å². The van der Waals surface area contributed by atoms with Crippen molar-refractivity contribution in [1.29, 1.82) is 0 Å². The zero-order valence-electron chi connectivity index (χ0n) is 15.9. The van der Waals surface area contributed by atoms with Crippen LogP contribution in [0.1, 0.15) is 42.0 Å². The molecule has 4 rings (SSSR count). The normalized spacial score (nSPS) is 16.1. The predicted molar refractivity (Wildman–Crippen MR) is 108 cm³/mol. The lowest BCUT2D eigenvalue weighted by Gasteiger charge is -2.22.